The molecule has 1 heterocycles. The number of nitrogens with zero attached hydrogens (tertiary/aromatic N) is 1. The maximum absolute atomic E-state index is 11.3. The number of aliphatic hydroxyl groups excluding tert-OH is 2. The van der Waals surface area contributed by atoms with E-state index >= 15 is 0 Å². The molecule has 0 bridgehead atoms. The first-order valence-electron chi connectivity index (χ1n) is 13.1. The van der Waals surface area contributed by atoms with Gasteiger partial charge >= 0.3 is 0 Å². The second-order valence-electron chi connectivity index (χ2n) is 10.4. The van der Waals surface area contributed by atoms with E-state index in [0.717, 1.165) is 57.4 Å². The maximum Gasteiger partial charge on any atom is 0.294 e. The Balaban J connectivity index is 0.000000236. The van der Waals surface area contributed by atoms with Crippen LogP contribution in [0.2, 0.25) is 0 Å². The zero-order chi connectivity index (χ0) is 26.3. The van der Waals surface area contributed by atoms with Gasteiger partial charge < -0.3 is 20.4 Å². The monoisotopic (exact) mass is 518 g/mol. The predicted octanol–water partition coefficient (Wildman–Crippen LogP) is 5.04. The molecular formula is C28H42N2O5S. The molecule has 0 amide bonds. The highest BCUT2D eigenvalue weighted by molar-refractivity contribution is 7.85. The van der Waals surface area contributed by atoms with Crippen molar-refractivity contribution >= 4 is 21.5 Å². The first kappa shape index (κ1) is 28.4. The van der Waals surface area contributed by atoms with E-state index in [2.05, 4.69) is 55.3 Å². The van der Waals surface area contributed by atoms with Crippen molar-refractivity contribution in [2.75, 3.05) is 29.9 Å². The second-order valence-corrected chi connectivity index (χ2v) is 11.9. The van der Waals surface area contributed by atoms with Gasteiger partial charge in [0.25, 0.3) is 10.1 Å². The Morgan fingerprint density at radius 1 is 1.00 bits per heavy atom. The first-order chi connectivity index (χ1) is 17.1. The molecule has 1 saturated carbocycles. The number of aliphatic hydroxyl groups is 2. The highest BCUT2D eigenvalue weighted by atomic mass is 32.2. The Labute approximate surface area is 216 Å². The van der Waals surface area contributed by atoms with Crippen molar-refractivity contribution in [3.05, 3.63) is 53.6 Å². The summed E-state index contributed by atoms with van der Waals surface area (Å²) in [6, 6.07) is 13.1. The molecule has 4 N–H and O–H groups in total. The summed E-state index contributed by atoms with van der Waals surface area (Å²) >= 11 is 0. The lowest BCUT2D eigenvalue weighted by molar-refractivity contribution is 0.109. The number of benzene rings is 2. The van der Waals surface area contributed by atoms with Gasteiger partial charge in [-0.15, -0.1) is 0 Å². The van der Waals surface area contributed by atoms with Gasteiger partial charge in [0.15, 0.2) is 0 Å². The van der Waals surface area contributed by atoms with Crippen LogP contribution in [0.3, 0.4) is 0 Å². The molecule has 1 aliphatic heterocycles. The fraction of sp³-hybridized carbons (Fsp3) is 0.571. The molecule has 0 saturated heterocycles. The minimum Gasteiger partial charge on any atom is -0.393 e. The Morgan fingerprint density at radius 3 is 2.25 bits per heavy atom. The van der Waals surface area contributed by atoms with Crippen molar-refractivity contribution in [3.63, 3.8) is 0 Å². The summed E-state index contributed by atoms with van der Waals surface area (Å²) < 4.78 is 31.8. The van der Waals surface area contributed by atoms with Crippen LogP contribution in [0.25, 0.3) is 0 Å². The fourth-order valence-corrected chi connectivity index (χ4v) is 5.33. The highest BCUT2D eigenvalue weighted by Crippen LogP contribution is 2.37. The van der Waals surface area contributed by atoms with Crippen molar-refractivity contribution in [3.8, 4) is 0 Å². The molecule has 200 valence electrons. The predicted molar refractivity (Wildman–Crippen MR) is 145 cm³/mol. The number of hydrogen-bond donors (Lipinski definition) is 4. The van der Waals surface area contributed by atoms with E-state index in [4.69, 9.17) is 0 Å². The number of hydrogen-bond acceptors (Lipinski definition) is 6. The molecule has 1 unspecified atom stereocenters. The average molecular weight is 519 g/mol. The molecule has 1 atom stereocenters. The third kappa shape index (κ3) is 8.20. The lowest BCUT2D eigenvalue weighted by Crippen LogP contribution is -2.37. The van der Waals surface area contributed by atoms with Gasteiger partial charge in [-0.1, -0.05) is 32.9 Å². The molecule has 0 aromatic heterocycles. The third-order valence-corrected chi connectivity index (χ3v) is 7.89. The lowest BCUT2D eigenvalue weighted by Gasteiger charge is -2.37. The van der Waals surface area contributed by atoms with Crippen LogP contribution in [0.1, 0.15) is 70.1 Å². The largest absolute Gasteiger partial charge is 0.393 e. The van der Waals surface area contributed by atoms with Crippen molar-refractivity contribution in [1.29, 1.82) is 0 Å². The molecule has 1 aliphatic carbocycles. The summed E-state index contributed by atoms with van der Waals surface area (Å²) in [6.07, 6.45) is 4.39. The molecule has 2 aromatic rings. The van der Waals surface area contributed by atoms with Gasteiger partial charge in [0, 0.05) is 36.6 Å². The molecule has 7 nitrogen and oxygen atoms in total. The molecule has 2 aromatic carbocycles. The smallest absolute Gasteiger partial charge is 0.294 e. The summed E-state index contributed by atoms with van der Waals surface area (Å²) in [5.41, 5.74) is 4.02. The van der Waals surface area contributed by atoms with Gasteiger partial charge in [-0.05, 0) is 86.3 Å². The van der Waals surface area contributed by atoms with Gasteiger partial charge in [-0.3, -0.25) is 4.55 Å². The summed E-state index contributed by atoms with van der Waals surface area (Å²) in [4.78, 5) is 2.00. The van der Waals surface area contributed by atoms with Crippen LogP contribution < -0.4 is 10.2 Å². The van der Waals surface area contributed by atoms with E-state index in [1.165, 1.54) is 23.4 Å². The molecule has 4 rings (SSSR count). The quantitative estimate of drug-likeness (QED) is 0.380. The van der Waals surface area contributed by atoms with Crippen LogP contribution in [-0.4, -0.2) is 48.9 Å². The van der Waals surface area contributed by atoms with Crippen LogP contribution in [0.5, 0.6) is 0 Å². The zero-order valence-corrected chi connectivity index (χ0v) is 22.5. The van der Waals surface area contributed by atoms with Crippen LogP contribution in [0.15, 0.2) is 47.4 Å². The van der Waals surface area contributed by atoms with Gasteiger partial charge in [0.1, 0.15) is 0 Å². The van der Waals surface area contributed by atoms with Crippen LogP contribution >= 0.6 is 0 Å². The van der Waals surface area contributed by atoms with Crippen LogP contribution in [0, 0.1) is 11.8 Å². The minimum absolute atomic E-state index is 0.181. The lowest BCUT2D eigenvalue weighted by atomic mass is 9.86. The Kier molecular flexibility index (Phi) is 10.2. The molecule has 8 heteroatoms. The number of rotatable bonds is 7. The number of fused-ring (bicyclic) bond motifs is 1. The standard InChI is InChI=1S/C16H23NO5S.C12H19N/c18-12-3-1-11(2-4-12)10-17-8-7-16(19)14-9-13(23(20,21)22)5-6-15(14)17;1-4-11-5-7-12(8-6-11)13-9-10(2)3/h5-6,9,11-12,16,18-19H,1-4,7-8,10H2,(H,20,21,22);5-8,10,13H,4,9H2,1-3H3. The molecule has 0 radical (unpaired) electrons. The van der Waals surface area contributed by atoms with Crippen LogP contribution in [0.4, 0.5) is 11.4 Å². The van der Waals surface area contributed by atoms with E-state index < -0.39 is 16.2 Å². The van der Waals surface area contributed by atoms with Crippen molar-refractivity contribution in [2.24, 2.45) is 11.8 Å². The summed E-state index contributed by atoms with van der Waals surface area (Å²) in [5, 5.41) is 23.2. The third-order valence-electron chi connectivity index (χ3n) is 7.04. The van der Waals surface area contributed by atoms with E-state index in [0.29, 0.717) is 23.8 Å². The SMILES string of the molecule is CCc1ccc(NCC(C)C)cc1.O=S(=O)(O)c1ccc2c(c1)C(O)CCN2CC1CCC(O)CC1. The first-order valence-corrected chi connectivity index (χ1v) is 14.6. The van der Waals surface area contributed by atoms with Crippen molar-refractivity contribution < 1.29 is 23.2 Å². The Bertz CT molecular complexity index is 1060. The Hall–Kier alpha value is -2.13. The van der Waals surface area contributed by atoms with Gasteiger partial charge in [0.05, 0.1) is 17.1 Å². The van der Waals surface area contributed by atoms with E-state index in [9.17, 15) is 23.2 Å². The molecule has 1 fully saturated rings. The number of anilines is 2. The number of nitrogens with one attached hydrogen (secondary N) is 1. The normalized spacial score (nSPS) is 22.0. The maximum atomic E-state index is 11.3. The highest BCUT2D eigenvalue weighted by Gasteiger charge is 2.28. The number of aryl methyl sites for hydroxylation is 1. The summed E-state index contributed by atoms with van der Waals surface area (Å²) in [6.45, 7) is 9.22. The molecular weight excluding hydrogens is 476 g/mol. The summed E-state index contributed by atoms with van der Waals surface area (Å²) in [7, 11) is -4.27. The minimum atomic E-state index is -4.27. The van der Waals surface area contributed by atoms with Gasteiger partial charge in [0.2, 0.25) is 0 Å². The van der Waals surface area contributed by atoms with Crippen molar-refractivity contribution in [2.45, 2.75) is 76.4 Å². The average Bonchev–Trinajstić information content (AvgIpc) is 2.86. The molecule has 0 spiro atoms. The van der Waals surface area contributed by atoms with E-state index in [1.54, 1.807) is 6.07 Å². The Morgan fingerprint density at radius 2 is 1.67 bits per heavy atom. The zero-order valence-electron chi connectivity index (χ0n) is 21.7. The van der Waals surface area contributed by atoms with Gasteiger partial charge in [-0.2, -0.15) is 8.42 Å². The molecule has 2 aliphatic rings. The van der Waals surface area contributed by atoms with Gasteiger partial charge in [-0.25, -0.2) is 0 Å². The van der Waals surface area contributed by atoms with E-state index in [1.807, 2.05) is 0 Å². The molecule has 36 heavy (non-hydrogen) atoms. The van der Waals surface area contributed by atoms with Crippen molar-refractivity contribution in [1.82, 2.24) is 0 Å². The topological polar surface area (TPSA) is 110 Å². The fourth-order valence-electron chi connectivity index (χ4n) is 4.81. The summed E-state index contributed by atoms with van der Waals surface area (Å²) in [5.74, 6) is 1.20. The second kappa shape index (κ2) is 12.9. The van der Waals surface area contributed by atoms with Crippen LogP contribution in [-0.2, 0) is 16.5 Å². The van der Waals surface area contributed by atoms with E-state index in [-0.39, 0.29) is 11.0 Å².